The van der Waals surface area contributed by atoms with Gasteiger partial charge in [0.25, 0.3) is 0 Å². The number of carbonyl (C=O) groups is 1. The molecule has 2 aromatic rings. The van der Waals surface area contributed by atoms with Crippen LogP contribution in [-0.2, 0) is 21.2 Å². The molecule has 164 valence electrons. The van der Waals surface area contributed by atoms with Crippen molar-refractivity contribution in [2.24, 2.45) is 0 Å². The minimum atomic E-state index is -3.60. The fourth-order valence-electron chi connectivity index (χ4n) is 3.28. The van der Waals surface area contributed by atoms with Crippen LogP contribution >= 0.6 is 0 Å². The Bertz CT molecular complexity index is 942. The lowest BCUT2D eigenvalue weighted by molar-refractivity contribution is -0.119. The first-order valence-corrected chi connectivity index (χ1v) is 12.1. The molecule has 0 spiro atoms. The molecule has 0 fully saturated rings. The van der Waals surface area contributed by atoms with Crippen LogP contribution in [0.1, 0.15) is 44.2 Å². The molecular formula is C23H32N2O4S. The van der Waals surface area contributed by atoms with Crippen LogP contribution in [0.4, 0.5) is 5.69 Å². The molecule has 0 unspecified atom stereocenters. The number of ether oxygens (including phenoxy) is 1. The van der Waals surface area contributed by atoms with Crippen molar-refractivity contribution in [2.45, 2.75) is 39.5 Å². The number of carbonyl (C=O) groups excluding carboxylic acids is 1. The molecule has 0 saturated carbocycles. The molecule has 0 radical (unpaired) electrons. The van der Waals surface area contributed by atoms with Gasteiger partial charge in [-0.3, -0.25) is 9.10 Å². The number of nitrogens with one attached hydrogen (secondary N) is 1. The van der Waals surface area contributed by atoms with Crippen LogP contribution in [0.25, 0.3) is 0 Å². The molecule has 0 saturated heterocycles. The Morgan fingerprint density at radius 3 is 2.43 bits per heavy atom. The first-order chi connectivity index (χ1) is 14.2. The summed E-state index contributed by atoms with van der Waals surface area (Å²) < 4.78 is 31.6. The lowest BCUT2D eigenvalue weighted by Gasteiger charge is -2.25. The van der Waals surface area contributed by atoms with E-state index in [-0.39, 0.29) is 18.4 Å². The second kappa shape index (κ2) is 11.0. The van der Waals surface area contributed by atoms with Gasteiger partial charge in [0, 0.05) is 6.54 Å². The van der Waals surface area contributed by atoms with E-state index in [0.29, 0.717) is 18.8 Å². The summed E-state index contributed by atoms with van der Waals surface area (Å²) in [4.78, 5) is 12.5. The monoisotopic (exact) mass is 432 g/mol. The van der Waals surface area contributed by atoms with Crippen LogP contribution in [0.3, 0.4) is 0 Å². The smallest absolute Gasteiger partial charge is 0.240 e. The molecule has 0 aliphatic carbocycles. The van der Waals surface area contributed by atoms with Crippen molar-refractivity contribution in [2.75, 3.05) is 30.3 Å². The highest BCUT2D eigenvalue weighted by Crippen LogP contribution is 2.28. The number of amides is 1. The van der Waals surface area contributed by atoms with E-state index in [9.17, 15) is 13.2 Å². The van der Waals surface area contributed by atoms with E-state index >= 15 is 0 Å². The molecule has 0 aliphatic rings. The lowest BCUT2D eigenvalue weighted by Crippen LogP contribution is -2.41. The zero-order valence-corrected chi connectivity index (χ0v) is 19.0. The van der Waals surface area contributed by atoms with Crippen LogP contribution in [0.2, 0.25) is 0 Å². The highest BCUT2D eigenvalue weighted by Gasteiger charge is 2.23. The van der Waals surface area contributed by atoms with Gasteiger partial charge in [-0.05, 0) is 48.9 Å². The summed E-state index contributed by atoms with van der Waals surface area (Å²) in [5.74, 6) is 0.677. The Labute approximate surface area is 180 Å². The predicted molar refractivity (Wildman–Crippen MR) is 122 cm³/mol. The molecule has 1 N–H and O–H groups in total. The molecule has 30 heavy (non-hydrogen) atoms. The van der Waals surface area contributed by atoms with Crippen molar-refractivity contribution in [3.8, 4) is 5.75 Å². The minimum Gasteiger partial charge on any atom is -0.494 e. The van der Waals surface area contributed by atoms with Gasteiger partial charge in [0.05, 0.1) is 18.6 Å². The number of hydrogen-bond donors (Lipinski definition) is 1. The number of rotatable bonds is 11. The Kier molecular flexibility index (Phi) is 8.72. The van der Waals surface area contributed by atoms with Gasteiger partial charge in [0.1, 0.15) is 12.3 Å². The molecule has 7 heteroatoms. The Balaban J connectivity index is 1.98. The normalized spacial score (nSPS) is 11.4. The number of aryl methyl sites for hydroxylation is 1. The fourth-order valence-corrected chi connectivity index (χ4v) is 4.16. The maximum Gasteiger partial charge on any atom is 0.240 e. The topological polar surface area (TPSA) is 75.7 Å². The number of sulfonamides is 1. The summed E-state index contributed by atoms with van der Waals surface area (Å²) in [6, 6.07) is 15.2. The van der Waals surface area contributed by atoms with E-state index < -0.39 is 10.0 Å². The fraction of sp³-hybridized carbons (Fsp3) is 0.435. The molecule has 1 amide bonds. The summed E-state index contributed by atoms with van der Waals surface area (Å²) in [5, 5.41) is 2.84. The third kappa shape index (κ3) is 6.76. The number of benzene rings is 2. The van der Waals surface area contributed by atoms with E-state index in [0.717, 1.165) is 36.0 Å². The van der Waals surface area contributed by atoms with Crippen molar-refractivity contribution >= 4 is 21.6 Å². The van der Waals surface area contributed by atoms with Crippen LogP contribution in [0, 0.1) is 0 Å². The number of anilines is 1. The average Bonchev–Trinajstić information content (AvgIpc) is 2.70. The standard InChI is InChI=1S/C23H32N2O4S/c1-5-29-22-15-9-6-11-19(22)12-10-16-24-23(26)17-25(30(4,27)28)21-14-8-7-13-20(21)18(2)3/h6-9,11,13-15,18H,5,10,12,16-17H2,1-4H3,(H,24,26). The van der Waals surface area contributed by atoms with Crippen molar-refractivity contribution < 1.29 is 17.9 Å². The Morgan fingerprint density at radius 1 is 1.10 bits per heavy atom. The van der Waals surface area contributed by atoms with Gasteiger partial charge < -0.3 is 10.1 Å². The molecule has 0 bridgehead atoms. The highest BCUT2D eigenvalue weighted by atomic mass is 32.2. The van der Waals surface area contributed by atoms with Crippen molar-refractivity contribution in [3.63, 3.8) is 0 Å². The SMILES string of the molecule is CCOc1ccccc1CCCNC(=O)CN(c1ccccc1C(C)C)S(C)(=O)=O. The van der Waals surface area contributed by atoms with E-state index in [1.165, 1.54) is 4.31 Å². The molecule has 2 rings (SSSR count). The molecule has 0 aliphatic heterocycles. The lowest BCUT2D eigenvalue weighted by atomic mass is 10.0. The molecule has 0 atom stereocenters. The molecule has 2 aromatic carbocycles. The van der Waals surface area contributed by atoms with E-state index in [2.05, 4.69) is 5.32 Å². The quantitative estimate of drug-likeness (QED) is 0.549. The molecular weight excluding hydrogens is 400 g/mol. The van der Waals surface area contributed by atoms with Gasteiger partial charge in [-0.2, -0.15) is 0 Å². The van der Waals surface area contributed by atoms with Crippen LogP contribution in [0.15, 0.2) is 48.5 Å². The number of hydrogen-bond acceptors (Lipinski definition) is 4. The maximum absolute atomic E-state index is 12.5. The number of nitrogens with zero attached hydrogens (tertiary/aromatic N) is 1. The molecule has 6 nitrogen and oxygen atoms in total. The molecule has 0 heterocycles. The highest BCUT2D eigenvalue weighted by molar-refractivity contribution is 7.92. The van der Waals surface area contributed by atoms with Crippen molar-refractivity contribution in [1.82, 2.24) is 5.32 Å². The maximum atomic E-state index is 12.5. The third-order valence-electron chi connectivity index (χ3n) is 4.73. The summed E-state index contributed by atoms with van der Waals surface area (Å²) >= 11 is 0. The van der Waals surface area contributed by atoms with Crippen LogP contribution in [0.5, 0.6) is 5.75 Å². The van der Waals surface area contributed by atoms with Gasteiger partial charge >= 0.3 is 0 Å². The second-order valence-electron chi connectivity index (χ2n) is 7.48. The van der Waals surface area contributed by atoms with Gasteiger partial charge in [-0.15, -0.1) is 0 Å². The van der Waals surface area contributed by atoms with Crippen LogP contribution in [-0.4, -0.2) is 40.3 Å². The van der Waals surface area contributed by atoms with E-state index in [4.69, 9.17) is 4.74 Å². The zero-order valence-electron chi connectivity index (χ0n) is 18.2. The largest absolute Gasteiger partial charge is 0.494 e. The van der Waals surface area contributed by atoms with Gasteiger partial charge in [0.2, 0.25) is 15.9 Å². The minimum absolute atomic E-state index is 0.138. The van der Waals surface area contributed by atoms with Gasteiger partial charge in [0.15, 0.2) is 0 Å². The van der Waals surface area contributed by atoms with Gasteiger partial charge in [-0.1, -0.05) is 50.2 Å². The second-order valence-corrected chi connectivity index (χ2v) is 9.38. The first kappa shape index (κ1) is 23.7. The first-order valence-electron chi connectivity index (χ1n) is 10.3. The summed E-state index contributed by atoms with van der Waals surface area (Å²) in [7, 11) is -3.60. The summed E-state index contributed by atoms with van der Waals surface area (Å²) in [5.41, 5.74) is 2.54. The summed E-state index contributed by atoms with van der Waals surface area (Å²) in [6.07, 6.45) is 2.63. The van der Waals surface area contributed by atoms with Crippen molar-refractivity contribution in [3.05, 3.63) is 59.7 Å². The molecule has 0 aromatic heterocycles. The third-order valence-corrected chi connectivity index (χ3v) is 5.86. The summed E-state index contributed by atoms with van der Waals surface area (Å²) in [6.45, 7) is 6.77. The van der Waals surface area contributed by atoms with Crippen LogP contribution < -0.4 is 14.4 Å². The van der Waals surface area contributed by atoms with E-state index in [1.54, 1.807) is 12.1 Å². The Morgan fingerprint density at radius 2 is 1.77 bits per heavy atom. The Hall–Kier alpha value is -2.54. The van der Waals surface area contributed by atoms with Gasteiger partial charge in [-0.25, -0.2) is 8.42 Å². The average molecular weight is 433 g/mol. The zero-order chi connectivity index (χ0) is 22.1. The number of para-hydroxylation sites is 2. The van der Waals surface area contributed by atoms with Crippen molar-refractivity contribution in [1.29, 1.82) is 0 Å². The van der Waals surface area contributed by atoms with E-state index in [1.807, 2.05) is 57.2 Å². The predicted octanol–water partition coefficient (Wildman–Crippen LogP) is 3.72.